The van der Waals surface area contributed by atoms with Crippen molar-refractivity contribution in [1.29, 1.82) is 0 Å². The molecule has 0 saturated carbocycles. The van der Waals surface area contributed by atoms with E-state index in [1.807, 2.05) is 24.3 Å². The second kappa shape index (κ2) is 10.3. The van der Waals surface area contributed by atoms with Crippen molar-refractivity contribution in [2.75, 3.05) is 43.6 Å². The first-order valence-corrected chi connectivity index (χ1v) is 11.2. The molecule has 2 aliphatic rings. The molecular weight excluding hydrogens is 446 g/mol. The predicted molar refractivity (Wildman–Crippen MR) is 124 cm³/mol. The van der Waals surface area contributed by atoms with Crippen molar-refractivity contribution in [3.63, 3.8) is 0 Å². The number of ether oxygens (including phenoxy) is 2. The Morgan fingerprint density at radius 1 is 1.15 bits per heavy atom. The van der Waals surface area contributed by atoms with Crippen molar-refractivity contribution < 1.29 is 23.9 Å². The summed E-state index contributed by atoms with van der Waals surface area (Å²) in [4.78, 5) is 41.3. The lowest BCUT2D eigenvalue weighted by Gasteiger charge is -2.27. The summed E-state index contributed by atoms with van der Waals surface area (Å²) in [6, 6.07) is 13.5. The Hall–Kier alpha value is -2.94. The molecule has 0 radical (unpaired) electrons. The zero-order valence-corrected chi connectivity index (χ0v) is 19.1. The van der Waals surface area contributed by atoms with Gasteiger partial charge in [-0.15, -0.1) is 0 Å². The van der Waals surface area contributed by atoms with Crippen LogP contribution in [0.2, 0.25) is 5.02 Å². The number of likely N-dealkylation sites (tertiary alicyclic amines) is 1. The van der Waals surface area contributed by atoms with Crippen LogP contribution in [0.5, 0.6) is 0 Å². The Balaban J connectivity index is 1.42. The van der Waals surface area contributed by atoms with Crippen molar-refractivity contribution in [2.24, 2.45) is 0 Å². The Bertz CT molecular complexity index is 1010. The topological polar surface area (TPSA) is 88.2 Å². The number of methoxy groups -OCH3 is 1. The lowest BCUT2D eigenvalue weighted by atomic mass is 10.1. The van der Waals surface area contributed by atoms with E-state index in [1.165, 1.54) is 0 Å². The van der Waals surface area contributed by atoms with Gasteiger partial charge in [-0.3, -0.25) is 14.4 Å². The number of anilines is 2. The molecule has 2 atom stereocenters. The lowest BCUT2D eigenvalue weighted by Crippen LogP contribution is -2.44. The summed E-state index contributed by atoms with van der Waals surface area (Å²) >= 11 is 5.91. The Labute approximate surface area is 197 Å². The van der Waals surface area contributed by atoms with Crippen LogP contribution in [0.1, 0.15) is 12.0 Å². The lowest BCUT2D eigenvalue weighted by molar-refractivity contribution is -0.136. The monoisotopic (exact) mass is 471 g/mol. The molecule has 2 saturated heterocycles. The van der Waals surface area contributed by atoms with Gasteiger partial charge in [0.15, 0.2) is 0 Å². The molecule has 3 amide bonds. The van der Waals surface area contributed by atoms with Gasteiger partial charge in [0.05, 0.1) is 19.1 Å². The summed E-state index contributed by atoms with van der Waals surface area (Å²) < 4.78 is 10.6. The van der Waals surface area contributed by atoms with E-state index >= 15 is 0 Å². The summed E-state index contributed by atoms with van der Waals surface area (Å²) in [6.07, 6.45) is 0.378. The van der Waals surface area contributed by atoms with Gasteiger partial charge >= 0.3 is 0 Å². The molecular formula is C24H26ClN3O5. The summed E-state index contributed by atoms with van der Waals surface area (Å²) in [5.41, 5.74) is 2.20. The molecule has 9 heteroatoms. The first kappa shape index (κ1) is 23.2. The van der Waals surface area contributed by atoms with E-state index in [9.17, 15) is 14.4 Å². The van der Waals surface area contributed by atoms with Crippen LogP contribution in [0.25, 0.3) is 0 Å². The highest BCUT2D eigenvalue weighted by Gasteiger charge is 2.39. The number of benzene rings is 2. The molecule has 0 aromatic heterocycles. The summed E-state index contributed by atoms with van der Waals surface area (Å²) in [5.74, 6) is -0.491. The Morgan fingerprint density at radius 2 is 1.88 bits per heavy atom. The van der Waals surface area contributed by atoms with Crippen LogP contribution in [-0.4, -0.2) is 68.2 Å². The molecule has 2 aromatic carbocycles. The molecule has 2 fully saturated rings. The third-order valence-electron chi connectivity index (χ3n) is 5.92. The van der Waals surface area contributed by atoms with Crippen LogP contribution in [0.4, 0.5) is 11.4 Å². The highest BCUT2D eigenvalue weighted by atomic mass is 35.5. The van der Waals surface area contributed by atoms with E-state index in [2.05, 4.69) is 5.32 Å². The van der Waals surface area contributed by atoms with Crippen LogP contribution >= 0.6 is 11.6 Å². The van der Waals surface area contributed by atoms with Gasteiger partial charge in [-0.05, 0) is 42.0 Å². The second-order valence-electron chi connectivity index (χ2n) is 8.09. The number of rotatable bonds is 6. The van der Waals surface area contributed by atoms with Gasteiger partial charge in [-0.25, -0.2) is 0 Å². The molecule has 1 N–H and O–H groups in total. The van der Waals surface area contributed by atoms with E-state index in [0.29, 0.717) is 36.8 Å². The second-order valence-corrected chi connectivity index (χ2v) is 8.53. The van der Waals surface area contributed by atoms with Crippen molar-refractivity contribution in [2.45, 2.75) is 25.0 Å². The standard InChI is InChI=1S/C24H26ClN3O5/c1-32-20-13-21(24(31)26-18-6-4-17(25)5-7-18)28(14-20)22(29)12-16-2-8-19(9-3-16)27-10-11-33-15-23(27)30/h2-9,20-21H,10-15H2,1H3,(H,26,31)/t20-,21-/m1/s1. The summed E-state index contributed by atoms with van der Waals surface area (Å²) in [7, 11) is 1.58. The average molecular weight is 472 g/mol. The van der Waals surface area contributed by atoms with Crippen molar-refractivity contribution in [3.05, 3.63) is 59.1 Å². The number of morpholine rings is 1. The molecule has 174 valence electrons. The molecule has 2 aliphatic heterocycles. The largest absolute Gasteiger partial charge is 0.380 e. The summed E-state index contributed by atoms with van der Waals surface area (Å²) in [6.45, 7) is 1.44. The average Bonchev–Trinajstić information content (AvgIpc) is 3.27. The smallest absolute Gasteiger partial charge is 0.253 e. The number of halogens is 1. The minimum Gasteiger partial charge on any atom is -0.380 e. The zero-order chi connectivity index (χ0) is 23.4. The van der Waals surface area contributed by atoms with Crippen LogP contribution in [-0.2, 0) is 30.3 Å². The van der Waals surface area contributed by atoms with Gasteiger partial charge in [0.25, 0.3) is 5.91 Å². The Morgan fingerprint density at radius 3 is 2.55 bits per heavy atom. The first-order valence-electron chi connectivity index (χ1n) is 10.8. The molecule has 0 aliphatic carbocycles. The van der Waals surface area contributed by atoms with E-state index < -0.39 is 6.04 Å². The van der Waals surface area contributed by atoms with E-state index in [4.69, 9.17) is 21.1 Å². The van der Waals surface area contributed by atoms with E-state index in [0.717, 1.165) is 11.3 Å². The zero-order valence-electron chi connectivity index (χ0n) is 18.3. The number of hydrogen-bond acceptors (Lipinski definition) is 5. The van der Waals surface area contributed by atoms with Crippen molar-refractivity contribution >= 4 is 40.7 Å². The van der Waals surface area contributed by atoms with Gasteiger partial charge in [-0.2, -0.15) is 0 Å². The van der Waals surface area contributed by atoms with Gasteiger partial charge < -0.3 is 24.6 Å². The van der Waals surface area contributed by atoms with Gasteiger partial charge in [0.2, 0.25) is 11.8 Å². The van der Waals surface area contributed by atoms with Gasteiger partial charge in [-0.1, -0.05) is 23.7 Å². The van der Waals surface area contributed by atoms with Crippen LogP contribution in [0, 0.1) is 0 Å². The van der Waals surface area contributed by atoms with Gasteiger partial charge in [0.1, 0.15) is 12.6 Å². The fourth-order valence-electron chi connectivity index (χ4n) is 4.11. The van der Waals surface area contributed by atoms with Crippen LogP contribution in [0.3, 0.4) is 0 Å². The number of amides is 3. The van der Waals surface area contributed by atoms with Crippen molar-refractivity contribution in [1.82, 2.24) is 4.90 Å². The first-order chi connectivity index (χ1) is 15.9. The minimum absolute atomic E-state index is 0.0787. The number of nitrogens with zero attached hydrogens (tertiary/aromatic N) is 2. The molecule has 0 spiro atoms. The Kier molecular flexibility index (Phi) is 7.27. The highest BCUT2D eigenvalue weighted by molar-refractivity contribution is 6.30. The minimum atomic E-state index is -0.622. The number of nitrogens with one attached hydrogen (secondary N) is 1. The van der Waals surface area contributed by atoms with Crippen LogP contribution < -0.4 is 10.2 Å². The molecule has 2 heterocycles. The predicted octanol–water partition coefficient (Wildman–Crippen LogP) is 2.50. The van der Waals surface area contributed by atoms with Crippen molar-refractivity contribution in [3.8, 4) is 0 Å². The molecule has 0 unspecified atom stereocenters. The molecule has 4 rings (SSSR count). The van der Waals surface area contributed by atoms with Crippen LogP contribution in [0.15, 0.2) is 48.5 Å². The number of carbonyl (C=O) groups excluding carboxylic acids is 3. The maximum atomic E-state index is 13.1. The van der Waals surface area contributed by atoms with E-state index in [-0.39, 0.29) is 36.9 Å². The normalized spacial score (nSPS) is 20.7. The third-order valence-corrected chi connectivity index (χ3v) is 6.17. The summed E-state index contributed by atoms with van der Waals surface area (Å²) in [5, 5.41) is 3.44. The SMILES string of the molecule is CO[C@@H]1C[C@H](C(=O)Nc2ccc(Cl)cc2)N(C(=O)Cc2ccc(N3CCOCC3=O)cc2)C1. The highest BCUT2D eigenvalue weighted by Crippen LogP contribution is 2.24. The maximum Gasteiger partial charge on any atom is 0.253 e. The van der Waals surface area contributed by atoms with E-state index in [1.54, 1.807) is 41.2 Å². The fraction of sp³-hybridized carbons (Fsp3) is 0.375. The fourth-order valence-corrected chi connectivity index (χ4v) is 4.24. The molecule has 33 heavy (non-hydrogen) atoms. The quantitative estimate of drug-likeness (QED) is 0.699. The molecule has 2 aromatic rings. The maximum absolute atomic E-state index is 13.1. The number of hydrogen-bond donors (Lipinski definition) is 1. The molecule has 8 nitrogen and oxygen atoms in total. The van der Waals surface area contributed by atoms with Gasteiger partial charge in [0, 0.05) is 43.0 Å². The molecule has 0 bridgehead atoms. The number of carbonyl (C=O) groups is 3. The third kappa shape index (κ3) is 5.52.